The number of ether oxygens (including phenoxy) is 2. The third kappa shape index (κ3) is 5.11. The van der Waals surface area contributed by atoms with Gasteiger partial charge >= 0.3 is 5.97 Å². The molecule has 3 aromatic rings. The number of carbonyl (C=O) groups excluding carboxylic acids is 3. The Morgan fingerprint density at radius 3 is 2.13 bits per heavy atom. The van der Waals surface area contributed by atoms with E-state index in [1.807, 2.05) is 6.07 Å². The summed E-state index contributed by atoms with van der Waals surface area (Å²) in [6, 6.07) is 21.7. The first-order valence-corrected chi connectivity index (χ1v) is 9.33. The van der Waals surface area contributed by atoms with Crippen molar-refractivity contribution in [2.45, 2.75) is 13.0 Å². The first-order valence-electron chi connectivity index (χ1n) is 9.33. The van der Waals surface area contributed by atoms with E-state index in [0.29, 0.717) is 22.6 Å². The van der Waals surface area contributed by atoms with Gasteiger partial charge in [-0.3, -0.25) is 9.59 Å². The van der Waals surface area contributed by atoms with Gasteiger partial charge in [-0.25, -0.2) is 4.79 Å². The summed E-state index contributed by atoms with van der Waals surface area (Å²) >= 11 is 0. The summed E-state index contributed by atoms with van der Waals surface area (Å²) in [4.78, 5) is 37.0. The zero-order valence-electron chi connectivity index (χ0n) is 16.6. The van der Waals surface area contributed by atoms with Gasteiger partial charge in [0.2, 0.25) is 5.78 Å². The van der Waals surface area contributed by atoms with Crippen LogP contribution >= 0.6 is 0 Å². The number of Topliss-reactive ketones (excluding diaryl/α,β-unsaturated/α-hetero) is 1. The molecular formula is C24H21NO5. The number of ketones is 1. The fourth-order valence-electron chi connectivity index (χ4n) is 2.78. The maximum Gasteiger partial charge on any atom is 0.338 e. The molecule has 0 radical (unpaired) electrons. The van der Waals surface area contributed by atoms with Crippen molar-refractivity contribution in [1.29, 1.82) is 0 Å². The molecule has 6 nitrogen and oxygen atoms in total. The van der Waals surface area contributed by atoms with Crippen LogP contribution in [-0.2, 0) is 4.74 Å². The van der Waals surface area contributed by atoms with Crippen molar-refractivity contribution in [1.82, 2.24) is 0 Å². The van der Waals surface area contributed by atoms with Gasteiger partial charge in [-0.05, 0) is 49.4 Å². The Labute approximate surface area is 174 Å². The van der Waals surface area contributed by atoms with Crippen LogP contribution in [0.4, 0.5) is 5.69 Å². The summed E-state index contributed by atoms with van der Waals surface area (Å²) in [5.41, 5.74) is 1.73. The second-order valence-electron chi connectivity index (χ2n) is 6.54. The van der Waals surface area contributed by atoms with Crippen LogP contribution in [0.5, 0.6) is 5.75 Å². The average Bonchev–Trinajstić information content (AvgIpc) is 2.79. The van der Waals surface area contributed by atoms with E-state index in [2.05, 4.69) is 5.32 Å². The fourth-order valence-corrected chi connectivity index (χ4v) is 2.78. The van der Waals surface area contributed by atoms with Gasteiger partial charge < -0.3 is 14.8 Å². The lowest BCUT2D eigenvalue weighted by atomic mass is 10.1. The Balaban J connectivity index is 1.61. The van der Waals surface area contributed by atoms with Crippen LogP contribution in [0, 0.1) is 0 Å². The van der Waals surface area contributed by atoms with E-state index in [1.54, 1.807) is 60.7 Å². The molecule has 0 bridgehead atoms. The number of anilines is 1. The predicted octanol–water partition coefficient (Wildman–Crippen LogP) is 4.38. The molecule has 1 atom stereocenters. The van der Waals surface area contributed by atoms with Crippen molar-refractivity contribution in [2.75, 3.05) is 12.4 Å². The average molecular weight is 403 g/mol. The van der Waals surface area contributed by atoms with Crippen LogP contribution in [0.1, 0.15) is 38.0 Å². The summed E-state index contributed by atoms with van der Waals surface area (Å²) in [6.45, 7) is 1.54. The number of hydrogen-bond donors (Lipinski definition) is 1. The maximum atomic E-state index is 12.4. The molecule has 30 heavy (non-hydrogen) atoms. The summed E-state index contributed by atoms with van der Waals surface area (Å²) in [6.07, 6.45) is -0.910. The second kappa shape index (κ2) is 9.52. The Hall–Kier alpha value is -3.93. The first-order chi connectivity index (χ1) is 14.5. The van der Waals surface area contributed by atoms with Gasteiger partial charge in [0, 0.05) is 16.8 Å². The molecule has 3 aromatic carbocycles. The van der Waals surface area contributed by atoms with Gasteiger partial charge in [-0.2, -0.15) is 0 Å². The van der Waals surface area contributed by atoms with Crippen molar-refractivity contribution in [3.63, 3.8) is 0 Å². The van der Waals surface area contributed by atoms with Crippen LogP contribution in [-0.4, -0.2) is 30.9 Å². The Morgan fingerprint density at radius 1 is 0.800 bits per heavy atom. The molecule has 152 valence electrons. The molecule has 0 aliphatic carbocycles. The minimum Gasteiger partial charge on any atom is -0.497 e. The van der Waals surface area contributed by atoms with E-state index < -0.39 is 12.1 Å². The topological polar surface area (TPSA) is 81.7 Å². The highest BCUT2D eigenvalue weighted by molar-refractivity contribution is 6.05. The van der Waals surface area contributed by atoms with E-state index in [9.17, 15) is 14.4 Å². The van der Waals surface area contributed by atoms with Crippen molar-refractivity contribution in [2.24, 2.45) is 0 Å². The summed E-state index contributed by atoms with van der Waals surface area (Å²) in [7, 11) is 1.53. The number of esters is 1. The molecule has 0 aliphatic heterocycles. The minimum atomic E-state index is -0.910. The number of rotatable bonds is 7. The number of carbonyl (C=O) groups is 3. The molecule has 0 aliphatic rings. The molecule has 0 saturated heterocycles. The van der Waals surface area contributed by atoms with Crippen molar-refractivity contribution in [3.8, 4) is 5.75 Å². The van der Waals surface area contributed by atoms with Gasteiger partial charge in [-0.1, -0.05) is 36.4 Å². The van der Waals surface area contributed by atoms with E-state index in [4.69, 9.17) is 9.47 Å². The Kier molecular flexibility index (Phi) is 6.60. The monoisotopic (exact) mass is 403 g/mol. The molecule has 6 heteroatoms. The van der Waals surface area contributed by atoms with Crippen LogP contribution in [0.25, 0.3) is 0 Å². The molecule has 3 rings (SSSR count). The van der Waals surface area contributed by atoms with Crippen LogP contribution in [0.15, 0.2) is 78.9 Å². The van der Waals surface area contributed by atoms with E-state index in [-0.39, 0.29) is 17.3 Å². The molecule has 1 N–H and O–H groups in total. The van der Waals surface area contributed by atoms with E-state index in [0.717, 1.165) is 0 Å². The van der Waals surface area contributed by atoms with E-state index in [1.165, 1.54) is 26.2 Å². The van der Waals surface area contributed by atoms with Crippen LogP contribution in [0.2, 0.25) is 0 Å². The predicted molar refractivity (Wildman–Crippen MR) is 113 cm³/mol. The lowest BCUT2D eigenvalue weighted by Gasteiger charge is -2.13. The summed E-state index contributed by atoms with van der Waals surface area (Å²) in [5, 5.41) is 2.76. The molecule has 0 saturated carbocycles. The van der Waals surface area contributed by atoms with Gasteiger partial charge in [0.05, 0.1) is 12.7 Å². The normalized spacial score (nSPS) is 11.3. The number of nitrogens with one attached hydrogen (secondary N) is 1. The largest absolute Gasteiger partial charge is 0.497 e. The summed E-state index contributed by atoms with van der Waals surface area (Å²) < 4.78 is 10.4. The smallest absolute Gasteiger partial charge is 0.338 e. The lowest BCUT2D eigenvalue weighted by molar-refractivity contribution is 0.0319. The third-order valence-corrected chi connectivity index (χ3v) is 4.42. The standard InChI is InChI=1S/C24H21NO5/c1-16(22(26)17-7-4-3-5-8-17)30-24(28)18-11-13-20(14-12-18)25-23(27)19-9-6-10-21(15-19)29-2/h3-16H,1-2H3,(H,25,27)/t16-/m0/s1. The van der Waals surface area contributed by atoms with Gasteiger partial charge in [0.15, 0.2) is 6.10 Å². The maximum absolute atomic E-state index is 12.4. The molecule has 0 heterocycles. The minimum absolute atomic E-state index is 0.272. The molecular weight excluding hydrogens is 382 g/mol. The molecule has 1 amide bonds. The quantitative estimate of drug-likeness (QED) is 0.468. The zero-order chi connectivity index (χ0) is 21.5. The van der Waals surface area contributed by atoms with Gasteiger partial charge in [0.1, 0.15) is 5.75 Å². The fraction of sp³-hybridized carbons (Fsp3) is 0.125. The number of hydrogen-bond acceptors (Lipinski definition) is 5. The summed E-state index contributed by atoms with van der Waals surface area (Å²) in [5.74, 6) is -0.602. The second-order valence-corrected chi connectivity index (χ2v) is 6.54. The SMILES string of the molecule is COc1cccc(C(=O)Nc2ccc(C(=O)O[C@@H](C)C(=O)c3ccccc3)cc2)c1. The Bertz CT molecular complexity index is 1040. The van der Waals surface area contributed by atoms with Crippen LogP contribution in [0.3, 0.4) is 0 Å². The molecule has 0 spiro atoms. The number of methoxy groups -OCH3 is 1. The van der Waals surface area contributed by atoms with Crippen molar-refractivity contribution < 1.29 is 23.9 Å². The van der Waals surface area contributed by atoms with Crippen molar-refractivity contribution >= 4 is 23.3 Å². The first kappa shape index (κ1) is 20.8. The zero-order valence-corrected chi connectivity index (χ0v) is 16.6. The van der Waals surface area contributed by atoms with E-state index >= 15 is 0 Å². The third-order valence-electron chi connectivity index (χ3n) is 4.42. The van der Waals surface area contributed by atoms with Crippen molar-refractivity contribution in [3.05, 3.63) is 95.6 Å². The molecule has 0 aromatic heterocycles. The molecule has 0 fully saturated rings. The van der Waals surface area contributed by atoms with Crippen LogP contribution < -0.4 is 10.1 Å². The number of benzene rings is 3. The van der Waals surface area contributed by atoms with Gasteiger partial charge in [-0.15, -0.1) is 0 Å². The lowest BCUT2D eigenvalue weighted by Crippen LogP contribution is -2.24. The Morgan fingerprint density at radius 2 is 1.47 bits per heavy atom. The highest BCUT2D eigenvalue weighted by Crippen LogP contribution is 2.16. The highest BCUT2D eigenvalue weighted by Gasteiger charge is 2.20. The molecule has 0 unspecified atom stereocenters. The number of amides is 1. The van der Waals surface area contributed by atoms with Gasteiger partial charge in [0.25, 0.3) is 5.91 Å². The highest BCUT2D eigenvalue weighted by atomic mass is 16.5.